The molecule has 0 aliphatic rings. The van der Waals surface area contributed by atoms with E-state index < -0.39 is 5.63 Å². The van der Waals surface area contributed by atoms with Crippen LogP contribution in [0, 0.1) is 0 Å². The molecule has 0 saturated carbocycles. The van der Waals surface area contributed by atoms with Crippen LogP contribution >= 0.6 is 0 Å². The molecule has 2 aromatic rings. The minimum atomic E-state index is -0.568. The van der Waals surface area contributed by atoms with Crippen LogP contribution in [0.4, 0.5) is 0 Å². The van der Waals surface area contributed by atoms with Gasteiger partial charge >= 0.3 is 5.63 Å². The molecule has 1 aromatic heterocycles. The van der Waals surface area contributed by atoms with Gasteiger partial charge in [0.25, 0.3) is 0 Å². The van der Waals surface area contributed by atoms with E-state index in [0.29, 0.717) is 42.1 Å². The van der Waals surface area contributed by atoms with Crippen molar-refractivity contribution in [1.29, 1.82) is 0 Å². The first-order valence-electron chi connectivity index (χ1n) is 11.8. The third-order valence-corrected chi connectivity index (χ3v) is 4.86. The van der Waals surface area contributed by atoms with Crippen LogP contribution in [0.2, 0.25) is 0 Å². The van der Waals surface area contributed by atoms with Crippen molar-refractivity contribution in [2.45, 2.75) is 73.3 Å². The van der Waals surface area contributed by atoms with Gasteiger partial charge in [-0.1, -0.05) is 42.4 Å². The van der Waals surface area contributed by atoms with Gasteiger partial charge in [-0.05, 0) is 78.5 Å². The highest BCUT2D eigenvalue weighted by Crippen LogP contribution is 2.37. The Morgan fingerprint density at radius 3 is 2.52 bits per heavy atom. The first kappa shape index (κ1) is 26.3. The lowest BCUT2D eigenvalue weighted by Crippen LogP contribution is -2.12. The molecular formula is C28H38O5. The second-order valence-electron chi connectivity index (χ2n) is 8.55. The molecule has 5 heteroatoms. The summed E-state index contributed by atoms with van der Waals surface area (Å²) in [5.41, 5.74) is 2.35. The average molecular weight is 455 g/mol. The Labute approximate surface area is 197 Å². The standard InChI is InChI=1S/C28H38O5/c1-7-8-9-10-18-30-27-26(31-19-17-22(6)14-11-13-20(2)3)23-15-12-16-24(32-21(4)5)25(23)33-28(27)29/h8-9,12-13,15-17,21H,7,10-11,14,18-19H2,1-6H3/b9-8?,22-17+. The Balaban J connectivity index is 2.35. The maximum absolute atomic E-state index is 12.8. The van der Waals surface area contributed by atoms with Gasteiger partial charge in [0.1, 0.15) is 6.61 Å². The van der Waals surface area contributed by atoms with Crippen molar-refractivity contribution in [3.63, 3.8) is 0 Å². The molecule has 0 bridgehead atoms. The normalized spacial score (nSPS) is 11.9. The lowest BCUT2D eigenvalue weighted by Gasteiger charge is -2.15. The highest BCUT2D eigenvalue weighted by atomic mass is 16.5. The summed E-state index contributed by atoms with van der Waals surface area (Å²) < 4.78 is 23.4. The van der Waals surface area contributed by atoms with E-state index in [4.69, 9.17) is 18.6 Å². The monoisotopic (exact) mass is 454 g/mol. The van der Waals surface area contributed by atoms with Crippen LogP contribution in [0.1, 0.15) is 67.2 Å². The SMILES string of the molecule is CCC=CCCOc1c(OC/C=C(\C)CCC=C(C)C)c2cccc(OC(C)C)c2oc1=O. The maximum atomic E-state index is 12.8. The van der Waals surface area contributed by atoms with Gasteiger partial charge < -0.3 is 18.6 Å². The molecule has 0 radical (unpaired) electrons. The number of ether oxygens (including phenoxy) is 3. The fourth-order valence-corrected chi connectivity index (χ4v) is 3.24. The van der Waals surface area contributed by atoms with Gasteiger partial charge in [0.2, 0.25) is 5.75 Å². The van der Waals surface area contributed by atoms with Crippen molar-refractivity contribution < 1.29 is 18.6 Å². The van der Waals surface area contributed by atoms with Crippen molar-refractivity contribution in [1.82, 2.24) is 0 Å². The van der Waals surface area contributed by atoms with Gasteiger partial charge in [-0.2, -0.15) is 0 Å². The van der Waals surface area contributed by atoms with Crippen molar-refractivity contribution >= 4 is 11.0 Å². The fourth-order valence-electron chi connectivity index (χ4n) is 3.24. The first-order chi connectivity index (χ1) is 15.8. The molecule has 0 fully saturated rings. The van der Waals surface area contributed by atoms with Gasteiger partial charge in [0, 0.05) is 0 Å². The Hall–Kier alpha value is -2.95. The molecule has 180 valence electrons. The van der Waals surface area contributed by atoms with Gasteiger partial charge in [-0.25, -0.2) is 4.79 Å². The van der Waals surface area contributed by atoms with Gasteiger partial charge in [0.05, 0.1) is 18.1 Å². The van der Waals surface area contributed by atoms with E-state index in [9.17, 15) is 4.79 Å². The molecule has 1 heterocycles. The summed E-state index contributed by atoms with van der Waals surface area (Å²) in [4.78, 5) is 12.8. The third-order valence-electron chi connectivity index (χ3n) is 4.86. The smallest absolute Gasteiger partial charge is 0.383 e. The van der Waals surface area contributed by atoms with Crippen LogP contribution in [0.15, 0.2) is 62.9 Å². The summed E-state index contributed by atoms with van der Waals surface area (Å²) in [6.45, 7) is 12.9. The van der Waals surface area contributed by atoms with Gasteiger partial charge in [-0.15, -0.1) is 0 Å². The molecule has 2 rings (SSSR count). The molecule has 0 N–H and O–H groups in total. The molecule has 0 aliphatic heterocycles. The van der Waals surface area contributed by atoms with Crippen molar-refractivity contribution in [2.75, 3.05) is 13.2 Å². The number of benzene rings is 1. The lowest BCUT2D eigenvalue weighted by molar-refractivity contribution is 0.239. The number of allylic oxidation sites excluding steroid dienone is 4. The van der Waals surface area contributed by atoms with Crippen LogP contribution in [-0.2, 0) is 0 Å². The summed E-state index contributed by atoms with van der Waals surface area (Å²) in [7, 11) is 0. The molecular weight excluding hydrogens is 416 g/mol. The van der Waals surface area contributed by atoms with E-state index in [1.54, 1.807) is 6.07 Å². The van der Waals surface area contributed by atoms with Crippen molar-refractivity contribution in [3.8, 4) is 17.2 Å². The van der Waals surface area contributed by atoms with E-state index in [1.807, 2.05) is 38.1 Å². The zero-order chi connectivity index (χ0) is 24.2. The van der Waals surface area contributed by atoms with E-state index in [0.717, 1.165) is 19.3 Å². The Kier molecular flexibility index (Phi) is 10.8. The summed E-state index contributed by atoms with van der Waals surface area (Å²) in [5.74, 6) is 1.00. The summed E-state index contributed by atoms with van der Waals surface area (Å²) >= 11 is 0. The van der Waals surface area contributed by atoms with Crippen molar-refractivity contribution in [2.24, 2.45) is 0 Å². The number of hydrogen-bond acceptors (Lipinski definition) is 5. The second kappa shape index (κ2) is 13.6. The summed E-state index contributed by atoms with van der Waals surface area (Å²) in [6.07, 6.45) is 11.9. The molecule has 0 saturated heterocycles. The van der Waals surface area contributed by atoms with Crippen LogP contribution in [0.5, 0.6) is 17.2 Å². The molecule has 0 unspecified atom stereocenters. The van der Waals surface area contributed by atoms with E-state index in [2.05, 4.69) is 39.8 Å². The molecule has 1 aromatic carbocycles. The van der Waals surface area contributed by atoms with Crippen LogP contribution in [-0.4, -0.2) is 19.3 Å². The molecule has 0 spiro atoms. The summed E-state index contributed by atoms with van der Waals surface area (Å²) in [5, 5.41) is 0.655. The third kappa shape index (κ3) is 8.49. The van der Waals surface area contributed by atoms with Crippen LogP contribution < -0.4 is 19.8 Å². The van der Waals surface area contributed by atoms with Gasteiger partial charge in [-0.3, -0.25) is 0 Å². The summed E-state index contributed by atoms with van der Waals surface area (Å²) in [6, 6.07) is 5.51. The van der Waals surface area contributed by atoms with E-state index >= 15 is 0 Å². The molecule has 0 atom stereocenters. The quantitative estimate of drug-likeness (QED) is 0.179. The number of para-hydroxylation sites is 1. The Morgan fingerprint density at radius 2 is 1.82 bits per heavy atom. The van der Waals surface area contributed by atoms with E-state index in [1.165, 1.54) is 11.1 Å². The minimum absolute atomic E-state index is 0.0575. The molecule has 33 heavy (non-hydrogen) atoms. The predicted octanol–water partition coefficient (Wildman–Crippen LogP) is 7.39. The van der Waals surface area contributed by atoms with Gasteiger partial charge in [0.15, 0.2) is 17.1 Å². The zero-order valence-electron chi connectivity index (χ0n) is 20.9. The highest BCUT2D eigenvalue weighted by Gasteiger charge is 2.20. The topological polar surface area (TPSA) is 57.9 Å². The lowest BCUT2D eigenvalue weighted by atomic mass is 10.1. The van der Waals surface area contributed by atoms with Crippen LogP contribution in [0.25, 0.3) is 11.0 Å². The zero-order valence-corrected chi connectivity index (χ0v) is 20.9. The number of fused-ring (bicyclic) bond motifs is 1. The number of hydrogen-bond donors (Lipinski definition) is 0. The second-order valence-corrected chi connectivity index (χ2v) is 8.55. The highest BCUT2D eigenvalue weighted by molar-refractivity contribution is 5.89. The average Bonchev–Trinajstić information content (AvgIpc) is 2.75. The predicted molar refractivity (Wildman–Crippen MR) is 136 cm³/mol. The maximum Gasteiger partial charge on any atom is 0.383 e. The minimum Gasteiger partial charge on any atom is -0.487 e. The van der Waals surface area contributed by atoms with E-state index in [-0.39, 0.29) is 11.9 Å². The Bertz CT molecular complexity index is 1040. The van der Waals surface area contributed by atoms with Crippen LogP contribution in [0.3, 0.4) is 0 Å². The molecule has 5 nitrogen and oxygen atoms in total. The largest absolute Gasteiger partial charge is 0.487 e. The Morgan fingerprint density at radius 1 is 1.03 bits per heavy atom. The first-order valence-corrected chi connectivity index (χ1v) is 11.8. The fraction of sp³-hybridized carbons (Fsp3) is 0.464. The molecule has 0 amide bonds. The molecule has 0 aliphatic carbocycles. The number of rotatable bonds is 13. The van der Waals surface area contributed by atoms with Crippen molar-refractivity contribution in [3.05, 3.63) is 64.1 Å².